The molecule has 0 bridgehead atoms. The number of aromatic amines is 2. The van der Waals surface area contributed by atoms with E-state index in [4.69, 9.17) is 0 Å². The maximum absolute atomic E-state index is 3.80. The SMILES string of the molecule is CC(C)/C=C1/C=C\c2c([nH]c3ccccc23)-c2ccc3c([nH]c4ccccc43)c2N1C1=CCCC=C1. The number of hydrogen-bond donors (Lipinski definition) is 2. The van der Waals surface area contributed by atoms with E-state index < -0.39 is 0 Å². The van der Waals surface area contributed by atoms with E-state index in [0.29, 0.717) is 5.92 Å². The third kappa shape index (κ3) is 3.20. The summed E-state index contributed by atoms with van der Waals surface area (Å²) in [7, 11) is 0. The molecule has 2 N–H and O–H groups in total. The van der Waals surface area contributed by atoms with Crippen molar-refractivity contribution in [1.29, 1.82) is 0 Å². The molecule has 0 saturated carbocycles. The van der Waals surface area contributed by atoms with E-state index in [2.05, 4.69) is 126 Å². The summed E-state index contributed by atoms with van der Waals surface area (Å²) in [6, 6.07) is 21.8. The molecule has 2 aromatic heterocycles. The highest BCUT2D eigenvalue weighted by Gasteiger charge is 2.27. The Hall–Kier alpha value is -4.24. The van der Waals surface area contributed by atoms with Gasteiger partial charge in [-0.1, -0.05) is 80.6 Å². The number of anilines is 1. The van der Waals surface area contributed by atoms with Crippen molar-refractivity contribution in [2.24, 2.45) is 5.92 Å². The van der Waals surface area contributed by atoms with Crippen molar-refractivity contribution in [3.63, 3.8) is 0 Å². The number of nitrogens with zero attached hydrogens (tertiary/aromatic N) is 1. The topological polar surface area (TPSA) is 34.8 Å². The molecule has 3 nitrogen and oxygen atoms in total. The number of benzene rings is 3. The predicted molar refractivity (Wildman–Crippen MR) is 154 cm³/mol. The van der Waals surface area contributed by atoms with Gasteiger partial charge in [0.25, 0.3) is 0 Å². The first-order valence-corrected chi connectivity index (χ1v) is 12.9. The Morgan fingerprint density at radius 3 is 2.33 bits per heavy atom. The lowest BCUT2D eigenvalue weighted by molar-refractivity contribution is 0.819. The molecule has 3 aromatic carbocycles. The smallest absolute Gasteiger partial charge is 0.0797 e. The van der Waals surface area contributed by atoms with Crippen LogP contribution in [0.15, 0.2) is 102 Å². The summed E-state index contributed by atoms with van der Waals surface area (Å²) in [5.74, 6) is 0.410. The summed E-state index contributed by atoms with van der Waals surface area (Å²) in [4.78, 5) is 10.0. The summed E-state index contributed by atoms with van der Waals surface area (Å²) in [5.41, 5.74) is 10.7. The highest BCUT2D eigenvalue weighted by atomic mass is 15.2. The third-order valence-electron chi connectivity index (χ3n) is 7.31. The number of hydrogen-bond acceptors (Lipinski definition) is 1. The second kappa shape index (κ2) is 8.17. The van der Waals surface area contributed by atoms with Crippen LogP contribution in [0.5, 0.6) is 0 Å². The van der Waals surface area contributed by atoms with E-state index in [1.165, 1.54) is 49.9 Å². The quantitative estimate of drug-likeness (QED) is 0.267. The van der Waals surface area contributed by atoms with Crippen molar-refractivity contribution >= 4 is 44.5 Å². The van der Waals surface area contributed by atoms with Gasteiger partial charge in [-0.05, 0) is 49.1 Å². The van der Waals surface area contributed by atoms with Crippen LogP contribution in [0.1, 0.15) is 32.3 Å². The number of nitrogens with one attached hydrogen (secondary N) is 2. The van der Waals surface area contributed by atoms with Gasteiger partial charge in [0.05, 0.1) is 16.9 Å². The maximum Gasteiger partial charge on any atom is 0.0797 e. The fourth-order valence-electron chi connectivity index (χ4n) is 5.77. The molecular formula is C33H29N3. The largest absolute Gasteiger partial charge is 0.354 e. The molecule has 2 aliphatic rings. The monoisotopic (exact) mass is 467 g/mol. The van der Waals surface area contributed by atoms with Crippen molar-refractivity contribution in [2.45, 2.75) is 26.7 Å². The second-order valence-corrected chi connectivity index (χ2v) is 10.1. The molecule has 5 aromatic rings. The molecule has 7 rings (SSSR count). The molecule has 0 saturated heterocycles. The molecule has 0 amide bonds. The standard InChI is InChI=1S/C33H29N3/c1-21(2)20-23-16-17-26-24-12-6-8-14-29(24)34-31(26)28-19-18-27-25-13-7-9-15-30(25)35-32(27)33(28)36(23)22-10-4-3-5-11-22/h4,6-21,34-35H,3,5H2,1-2H3/b17-16-,23-20-. The Labute approximate surface area is 211 Å². The first-order chi connectivity index (χ1) is 17.7. The predicted octanol–water partition coefficient (Wildman–Crippen LogP) is 9.08. The second-order valence-electron chi connectivity index (χ2n) is 10.1. The Morgan fingerprint density at radius 1 is 0.778 bits per heavy atom. The number of H-pyrrole nitrogens is 2. The van der Waals surface area contributed by atoms with Crippen molar-refractivity contribution in [3.05, 3.63) is 108 Å². The minimum Gasteiger partial charge on any atom is -0.354 e. The first-order valence-electron chi connectivity index (χ1n) is 12.9. The molecule has 0 unspecified atom stereocenters. The molecule has 176 valence electrons. The van der Waals surface area contributed by atoms with E-state index in [1.54, 1.807) is 0 Å². The lowest BCUT2D eigenvalue weighted by atomic mass is 9.96. The Kier molecular flexibility index (Phi) is 4.78. The molecule has 0 radical (unpaired) electrons. The van der Waals surface area contributed by atoms with Crippen LogP contribution < -0.4 is 4.90 Å². The summed E-state index contributed by atoms with van der Waals surface area (Å²) < 4.78 is 0. The van der Waals surface area contributed by atoms with Gasteiger partial charge >= 0.3 is 0 Å². The van der Waals surface area contributed by atoms with Gasteiger partial charge in [0.1, 0.15) is 0 Å². The van der Waals surface area contributed by atoms with E-state index in [-0.39, 0.29) is 0 Å². The molecule has 0 atom stereocenters. The van der Waals surface area contributed by atoms with E-state index in [9.17, 15) is 0 Å². The molecule has 3 heteroatoms. The molecule has 1 aliphatic carbocycles. The first kappa shape index (κ1) is 21.1. The zero-order valence-corrected chi connectivity index (χ0v) is 20.7. The van der Waals surface area contributed by atoms with Gasteiger partial charge in [0.2, 0.25) is 0 Å². The van der Waals surface area contributed by atoms with Gasteiger partial charge in [-0.15, -0.1) is 0 Å². The number of allylic oxidation sites excluding steroid dienone is 5. The summed E-state index contributed by atoms with van der Waals surface area (Å²) >= 11 is 0. The van der Waals surface area contributed by atoms with Gasteiger partial charge in [-0.25, -0.2) is 0 Å². The summed E-state index contributed by atoms with van der Waals surface area (Å²) in [6.45, 7) is 4.51. The van der Waals surface area contributed by atoms with E-state index in [0.717, 1.165) is 29.6 Å². The normalized spacial score (nSPS) is 17.5. The van der Waals surface area contributed by atoms with Gasteiger partial charge in [-0.2, -0.15) is 0 Å². The number of para-hydroxylation sites is 2. The van der Waals surface area contributed by atoms with Crippen molar-refractivity contribution in [2.75, 3.05) is 4.90 Å². The van der Waals surface area contributed by atoms with Crippen LogP contribution in [0.2, 0.25) is 0 Å². The van der Waals surface area contributed by atoms with Crippen LogP contribution in [0.3, 0.4) is 0 Å². The Morgan fingerprint density at radius 2 is 1.56 bits per heavy atom. The van der Waals surface area contributed by atoms with Gasteiger partial charge < -0.3 is 14.9 Å². The Balaban J connectivity index is 1.65. The highest BCUT2D eigenvalue weighted by molar-refractivity contribution is 6.16. The fraction of sp³-hybridized carbons (Fsp3) is 0.152. The highest BCUT2D eigenvalue weighted by Crippen LogP contribution is 2.47. The minimum absolute atomic E-state index is 0.410. The number of aromatic nitrogens is 2. The van der Waals surface area contributed by atoms with Gasteiger partial charge in [0.15, 0.2) is 0 Å². The molecule has 0 spiro atoms. The Bertz CT molecular complexity index is 1770. The lowest BCUT2D eigenvalue weighted by Gasteiger charge is -2.32. The summed E-state index contributed by atoms with van der Waals surface area (Å²) in [5, 5.41) is 3.76. The van der Waals surface area contributed by atoms with Crippen LogP contribution in [-0.4, -0.2) is 9.97 Å². The fourth-order valence-corrected chi connectivity index (χ4v) is 5.77. The van der Waals surface area contributed by atoms with Crippen LogP contribution in [0, 0.1) is 5.92 Å². The maximum atomic E-state index is 3.80. The summed E-state index contributed by atoms with van der Waals surface area (Å²) in [6.07, 6.45) is 16.1. The molecule has 3 heterocycles. The van der Waals surface area contributed by atoms with Crippen molar-refractivity contribution < 1.29 is 0 Å². The molecule has 0 fully saturated rings. The van der Waals surface area contributed by atoms with Crippen LogP contribution in [0.4, 0.5) is 5.69 Å². The van der Waals surface area contributed by atoms with Crippen molar-refractivity contribution in [3.8, 4) is 11.3 Å². The third-order valence-corrected chi connectivity index (χ3v) is 7.31. The van der Waals surface area contributed by atoms with E-state index >= 15 is 0 Å². The van der Waals surface area contributed by atoms with Crippen LogP contribution in [0.25, 0.3) is 50.0 Å². The lowest BCUT2D eigenvalue weighted by Crippen LogP contribution is -2.23. The zero-order chi connectivity index (χ0) is 24.2. The average molecular weight is 468 g/mol. The van der Waals surface area contributed by atoms with Gasteiger partial charge in [-0.3, -0.25) is 0 Å². The van der Waals surface area contributed by atoms with Crippen molar-refractivity contribution in [1.82, 2.24) is 9.97 Å². The minimum atomic E-state index is 0.410. The van der Waals surface area contributed by atoms with Crippen LogP contribution in [-0.2, 0) is 0 Å². The van der Waals surface area contributed by atoms with E-state index in [1.807, 2.05) is 0 Å². The van der Waals surface area contributed by atoms with Gasteiger partial charge in [0, 0.05) is 49.7 Å². The molecule has 1 aliphatic heterocycles. The average Bonchev–Trinajstić information content (AvgIpc) is 3.45. The van der Waals surface area contributed by atoms with Crippen LogP contribution >= 0.6 is 0 Å². The molecular weight excluding hydrogens is 438 g/mol. The number of rotatable bonds is 2. The number of fused-ring (bicyclic) bond motifs is 9. The zero-order valence-electron chi connectivity index (χ0n) is 20.7. The molecule has 36 heavy (non-hydrogen) atoms.